The molecule has 1 aliphatic rings. The van der Waals surface area contributed by atoms with Gasteiger partial charge in [0.25, 0.3) is 10.0 Å². The Morgan fingerprint density at radius 2 is 1.83 bits per heavy atom. The molecule has 0 bridgehead atoms. The van der Waals surface area contributed by atoms with Gasteiger partial charge in [-0.1, -0.05) is 30.3 Å². The van der Waals surface area contributed by atoms with Crippen molar-refractivity contribution in [3.63, 3.8) is 0 Å². The Bertz CT molecular complexity index is 859. The highest BCUT2D eigenvalue weighted by Gasteiger charge is 2.34. The van der Waals surface area contributed by atoms with E-state index in [0.29, 0.717) is 22.6 Å². The van der Waals surface area contributed by atoms with Crippen LogP contribution < -0.4 is 4.31 Å². The summed E-state index contributed by atoms with van der Waals surface area (Å²) >= 11 is 0. The molecule has 122 valence electrons. The first-order valence-corrected chi connectivity index (χ1v) is 9.14. The number of hydrogen-bond acceptors (Lipinski definition) is 3. The molecule has 0 fully saturated rings. The quantitative estimate of drug-likeness (QED) is 0.919. The molecule has 0 spiro atoms. The summed E-state index contributed by atoms with van der Waals surface area (Å²) in [7, 11) is -3.65. The molecule has 0 aromatic heterocycles. The normalized spacial score (nSPS) is 17.9. The molecular weight excluding hydrogens is 310 g/mol. The smallest absolute Gasteiger partial charge is 0.264 e. The van der Waals surface area contributed by atoms with Gasteiger partial charge in [-0.25, -0.2) is 8.42 Å². The standard InChI is InChI=1S/C18H21NO3S/c1-12-7-8-13(2)17(11-12)23(21,22)19-10-9-16(20)15-6-4-5-14(3)18(15)19/h4-8,11,16,20H,9-10H2,1-3H3. The first-order valence-electron chi connectivity index (χ1n) is 7.70. The predicted molar refractivity (Wildman–Crippen MR) is 91.2 cm³/mol. The van der Waals surface area contributed by atoms with Gasteiger partial charge >= 0.3 is 0 Å². The maximum absolute atomic E-state index is 13.2. The average molecular weight is 331 g/mol. The Morgan fingerprint density at radius 1 is 1.09 bits per heavy atom. The third-order valence-electron chi connectivity index (χ3n) is 4.39. The van der Waals surface area contributed by atoms with Crippen molar-refractivity contribution in [1.82, 2.24) is 0 Å². The van der Waals surface area contributed by atoms with Crippen molar-refractivity contribution in [3.05, 3.63) is 58.7 Å². The molecule has 1 aliphatic heterocycles. The summed E-state index contributed by atoms with van der Waals surface area (Å²) in [6, 6.07) is 11.0. The molecule has 2 aromatic rings. The summed E-state index contributed by atoms with van der Waals surface area (Å²) in [5.74, 6) is 0. The van der Waals surface area contributed by atoms with Crippen molar-refractivity contribution in [1.29, 1.82) is 0 Å². The summed E-state index contributed by atoms with van der Waals surface area (Å²) in [6.45, 7) is 5.86. The molecule has 0 aliphatic carbocycles. The van der Waals surface area contributed by atoms with E-state index in [1.54, 1.807) is 12.1 Å². The van der Waals surface area contributed by atoms with Crippen LogP contribution >= 0.6 is 0 Å². The number of para-hydroxylation sites is 1. The fourth-order valence-electron chi connectivity index (χ4n) is 3.14. The second kappa shape index (κ2) is 5.65. The zero-order valence-electron chi connectivity index (χ0n) is 13.6. The number of benzene rings is 2. The summed E-state index contributed by atoms with van der Waals surface area (Å²) in [4.78, 5) is 0.336. The molecule has 1 N–H and O–H groups in total. The van der Waals surface area contributed by atoms with Gasteiger partial charge in [-0.3, -0.25) is 4.31 Å². The van der Waals surface area contributed by atoms with E-state index in [0.717, 1.165) is 16.7 Å². The van der Waals surface area contributed by atoms with E-state index in [9.17, 15) is 13.5 Å². The number of aliphatic hydroxyl groups is 1. The van der Waals surface area contributed by atoms with E-state index in [2.05, 4.69) is 0 Å². The number of aryl methyl sites for hydroxylation is 3. The Balaban J connectivity index is 2.20. The van der Waals surface area contributed by atoms with Crippen LogP contribution in [0, 0.1) is 20.8 Å². The minimum Gasteiger partial charge on any atom is -0.388 e. The summed E-state index contributed by atoms with van der Waals surface area (Å²) in [5, 5.41) is 10.2. The summed E-state index contributed by atoms with van der Waals surface area (Å²) < 4.78 is 27.9. The monoisotopic (exact) mass is 331 g/mol. The molecule has 0 saturated heterocycles. The number of hydrogen-bond donors (Lipinski definition) is 1. The highest BCUT2D eigenvalue weighted by Crippen LogP contribution is 2.39. The maximum atomic E-state index is 13.2. The van der Waals surface area contributed by atoms with Crippen LogP contribution in [0.1, 0.15) is 34.8 Å². The Kier molecular flexibility index (Phi) is 3.94. The molecule has 0 radical (unpaired) electrons. The third-order valence-corrected chi connectivity index (χ3v) is 6.34. The van der Waals surface area contributed by atoms with Crippen molar-refractivity contribution in [2.24, 2.45) is 0 Å². The molecule has 4 nitrogen and oxygen atoms in total. The van der Waals surface area contributed by atoms with E-state index in [-0.39, 0.29) is 6.54 Å². The van der Waals surface area contributed by atoms with Crippen LogP contribution in [0.3, 0.4) is 0 Å². The fraction of sp³-hybridized carbons (Fsp3) is 0.333. The summed E-state index contributed by atoms with van der Waals surface area (Å²) in [5.41, 5.74) is 3.81. The van der Waals surface area contributed by atoms with Crippen LogP contribution in [-0.4, -0.2) is 20.1 Å². The number of fused-ring (bicyclic) bond motifs is 1. The van der Waals surface area contributed by atoms with E-state index < -0.39 is 16.1 Å². The van der Waals surface area contributed by atoms with Crippen LogP contribution in [-0.2, 0) is 10.0 Å². The maximum Gasteiger partial charge on any atom is 0.264 e. The van der Waals surface area contributed by atoms with Crippen molar-refractivity contribution < 1.29 is 13.5 Å². The minimum atomic E-state index is -3.65. The lowest BCUT2D eigenvalue weighted by Crippen LogP contribution is -2.37. The number of nitrogens with zero attached hydrogens (tertiary/aromatic N) is 1. The van der Waals surface area contributed by atoms with Gasteiger partial charge in [-0.05, 0) is 49.9 Å². The third kappa shape index (κ3) is 2.64. The molecule has 3 rings (SSSR count). The highest BCUT2D eigenvalue weighted by atomic mass is 32.2. The lowest BCUT2D eigenvalue weighted by Gasteiger charge is -2.34. The van der Waals surface area contributed by atoms with Crippen LogP contribution in [0.15, 0.2) is 41.3 Å². The van der Waals surface area contributed by atoms with E-state index in [1.807, 2.05) is 45.0 Å². The van der Waals surface area contributed by atoms with Crippen molar-refractivity contribution >= 4 is 15.7 Å². The van der Waals surface area contributed by atoms with E-state index in [4.69, 9.17) is 0 Å². The van der Waals surface area contributed by atoms with Gasteiger partial charge in [0, 0.05) is 12.1 Å². The minimum absolute atomic E-state index is 0.286. The molecule has 0 saturated carbocycles. The predicted octanol–water partition coefficient (Wildman–Crippen LogP) is 3.24. The first-order chi connectivity index (χ1) is 10.8. The topological polar surface area (TPSA) is 57.6 Å². The van der Waals surface area contributed by atoms with E-state index in [1.165, 1.54) is 4.31 Å². The number of sulfonamides is 1. The molecular formula is C18H21NO3S. The van der Waals surface area contributed by atoms with Crippen molar-refractivity contribution in [2.75, 3.05) is 10.8 Å². The van der Waals surface area contributed by atoms with E-state index >= 15 is 0 Å². The number of anilines is 1. The lowest BCUT2D eigenvalue weighted by molar-refractivity contribution is 0.166. The van der Waals surface area contributed by atoms with Gasteiger partial charge in [0.2, 0.25) is 0 Å². The number of rotatable bonds is 2. The molecule has 5 heteroatoms. The Labute approximate surface area is 137 Å². The average Bonchev–Trinajstić information content (AvgIpc) is 2.50. The zero-order valence-corrected chi connectivity index (χ0v) is 14.4. The molecule has 2 aromatic carbocycles. The van der Waals surface area contributed by atoms with Crippen LogP contribution in [0.25, 0.3) is 0 Å². The van der Waals surface area contributed by atoms with Gasteiger partial charge in [-0.2, -0.15) is 0 Å². The van der Waals surface area contributed by atoms with Crippen LogP contribution in [0.2, 0.25) is 0 Å². The highest BCUT2D eigenvalue weighted by molar-refractivity contribution is 7.92. The SMILES string of the molecule is Cc1ccc(C)c(S(=O)(=O)N2CCC(O)c3cccc(C)c32)c1. The molecule has 23 heavy (non-hydrogen) atoms. The second-order valence-electron chi connectivity index (χ2n) is 6.16. The van der Waals surface area contributed by atoms with Gasteiger partial charge in [0.05, 0.1) is 16.7 Å². The van der Waals surface area contributed by atoms with Crippen molar-refractivity contribution in [2.45, 2.75) is 38.2 Å². The van der Waals surface area contributed by atoms with Crippen LogP contribution in [0.5, 0.6) is 0 Å². The van der Waals surface area contributed by atoms with Gasteiger partial charge in [0.15, 0.2) is 0 Å². The molecule has 0 amide bonds. The first kappa shape index (κ1) is 16.0. The largest absolute Gasteiger partial charge is 0.388 e. The van der Waals surface area contributed by atoms with Crippen molar-refractivity contribution in [3.8, 4) is 0 Å². The number of aliphatic hydroxyl groups excluding tert-OH is 1. The fourth-order valence-corrected chi connectivity index (χ4v) is 5.03. The molecule has 1 heterocycles. The lowest BCUT2D eigenvalue weighted by atomic mass is 9.98. The van der Waals surface area contributed by atoms with Gasteiger partial charge < -0.3 is 5.11 Å². The summed E-state index contributed by atoms with van der Waals surface area (Å²) in [6.07, 6.45) is -0.212. The van der Waals surface area contributed by atoms with Gasteiger partial charge in [0.1, 0.15) is 0 Å². The Hall–Kier alpha value is -1.85. The Morgan fingerprint density at radius 3 is 2.57 bits per heavy atom. The van der Waals surface area contributed by atoms with Crippen LogP contribution in [0.4, 0.5) is 5.69 Å². The molecule has 1 atom stereocenters. The zero-order chi connectivity index (χ0) is 16.8. The second-order valence-corrected chi connectivity index (χ2v) is 7.99. The molecule has 1 unspecified atom stereocenters. The van der Waals surface area contributed by atoms with Gasteiger partial charge in [-0.15, -0.1) is 0 Å².